The summed E-state index contributed by atoms with van der Waals surface area (Å²) in [7, 11) is 0. The predicted molar refractivity (Wildman–Crippen MR) is 75.2 cm³/mol. The molecule has 2 N–H and O–H groups in total. The van der Waals surface area contributed by atoms with E-state index in [2.05, 4.69) is 20.8 Å². The minimum absolute atomic E-state index is 0.122. The summed E-state index contributed by atoms with van der Waals surface area (Å²) in [5, 5.41) is 0.502. The van der Waals surface area contributed by atoms with Crippen LogP contribution in [0.1, 0.15) is 37.6 Å². The van der Waals surface area contributed by atoms with Crippen LogP contribution >= 0.6 is 23.2 Å². The maximum Gasteiger partial charge on any atom is 0.338 e. The summed E-state index contributed by atoms with van der Waals surface area (Å²) in [6.07, 6.45) is 0.787. The lowest BCUT2D eigenvalue weighted by atomic mass is 9.93. The van der Waals surface area contributed by atoms with Crippen molar-refractivity contribution < 1.29 is 9.53 Å². The Labute approximate surface area is 117 Å². The van der Waals surface area contributed by atoms with Gasteiger partial charge in [0, 0.05) is 0 Å². The van der Waals surface area contributed by atoms with Crippen LogP contribution in [0.3, 0.4) is 0 Å². The maximum atomic E-state index is 11.8. The van der Waals surface area contributed by atoms with Gasteiger partial charge in [-0.2, -0.15) is 0 Å². The number of nitrogens with two attached hydrogens (primary N) is 1. The molecule has 0 radical (unpaired) electrons. The molecular formula is C13H17Cl2NO2. The van der Waals surface area contributed by atoms with Crippen molar-refractivity contribution in [3.63, 3.8) is 0 Å². The highest BCUT2D eigenvalue weighted by atomic mass is 35.5. The average Bonchev–Trinajstić information content (AvgIpc) is 2.23. The van der Waals surface area contributed by atoms with E-state index in [0.717, 1.165) is 6.42 Å². The summed E-state index contributed by atoms with van der Waals surface area (Å²) in [5.41, 5.74) is 6.34. The fraction of sp³-hybridized carbons (Fsp3) is 0.462. The van der Waals surface area contributed by atoms with Gasteiger partial charge in [0.1, 0.15) is 0 Å². The van der Waals surface area contributed by atoms with Crippen LogP contribution in [-0.2, 0) is 4.74 Å². The van der Waals surface area contributed by atoms with Crippen molar-refractivity contribution in [3.05, 3.63) is 27.7 Å². The second-order valence-electron chi connectivity index (χ2n) is 5.31. The first-order chi connectivity index (χ1) is 8.20. The minimum Gasteiger partial charge on any atom is -0.462 e. The van der Waals surface area contributed by atoms with Crippen molar-refractivity contribution in [1.82, 2.24) is 0 Å². The number of benzene rings is 1. The van der Waals surface area contributed by atoms with Crippen molar-refractivity contribution in [3.8, 4) is 0 Å². The maximum absolute atomic E-state index is 11.8. The van der Waals surface area contributed by atoms with E-state index in [-0.39, 0.29) is 21.1 Å². The third-order valence-corrected chi connectivity index (χ3v) is 3.19. The molecule has 0 aliphatic rings. The Morgan fingerprint density at radius 2 is 1.94 bits per heavy atom. The molecule has 0 aliphatic carbocycles. The van der Waals surface area contributed by atoms with Crippen molar-refractivity contribution in [2.24, 2.45) is 5.41 Å². The third-order valence-electron chi connectivity index (χ3n) is 2.38. The van der Waals surface area contributed by atoms with E-state index in [4.69, 9.17) is 33.7 Å². The van der Waals surface area contributed by atoms with Gasteiger partial charge in [0.2, 0.25) is 0 Å². The Morgan fingerprint density at radius 3 is 2.44 bits per heavy atom. The molecule has 1 rings (SSSR count). The molecule has 18 heavy (non-hydrogen) atoms. The lowest BCUT2D eigenvalue weighted by Crippen LogP contribution is -2.13. The first kappa shape index (κ1) is 15.1. The van der Waals surface area contributed by atoms with Crippen LogP contribution in [0.4, 0.5) is 5.69 Å². The first-order valence-corrected chi connectivity index (χ1v) is 6.38. The van der Waals surface area contributed by atoms with Gasteiger partial charge in [0.05, 0.1) is 27.9 Å². The molecular weight excluding hydrogens is 273 g/mol. The molecule has 0 fully saturated rings. The van der Waals surface area contributed by atoms with Gasteiger partial charge < -0.3 is 10.5 Å². The number of rotatable bonds is 3. The summed E-state index contributed by atoms with van der Waals surface area (Å²) in [6.45, 7) is 6.61. The molecule has 0 heterocycles. The van der Waals surface area contributed by atoms with E-state index in [0.29, 0.717) is 12.2 Å². The lowest BCUT2D eigenvalue weighted by Gasteiger charge is -2.17. The van der Waals surface area contributed by atoms with Crippen molar-refractivity contribution in [2.45, 2.75) is 27.2 Å². The number of halogens is 2. The van der Waals surface area contributed by atoms with Crippen molar-refractivity contribution >= 4 is 34.9 Å². The van der Waals surface area contributed by atoms with Crippen LogP contribution in [0, 0.1) is 5.41 Å². The topological polar surface area (TPSA) is 52.3 Å². The lowest BCUT2D eigenvalue weighted by molar-refractivity contribution is 0.0465. The van der Waals surface area contributed by atoms with Crippen molar-refractivity contribution in [2.75, 3.05) is 12.3 Å². The number of nitrogen functional groups attached to an aromatic ring is 1. The Bertz CT molecular complexity index is 430. The van der Waals surface area contributed by atoms with Crippen LogP contribution in [-0.4, -0.2) is 12.6 Å². The highest BCUT2D eigenvalue weighted by Crippen LogP contribution is 2.29. The summed E-state index contributed by atoms with van der Waals surface area (Å²) in [6, 6.07) is 2.92. The zero-order valence-corrected chi connectivity index (χ0v) is 12.2. The van der Waals surface area contributed by atoms with E-state index in [1.165, 1.54) is 12.1 Å². The highest BCUT2D eigenvalue weighted by Gasteiger charge is 2.15. The Balaban J connectivity index is 2.68. The molecule has 0 saturated carbocycles. The Kier molecular flexibility index (Phi) is 4.88. The van der Waals surface area contributed by atoms with Crippen LogP contribution in [0.5, 0.6) is 0 Å². The zero-order valence-electron chi connectivity index (χ0n) is 10.7. The monoisotopic (exact) mass is 289 g/mol. The quantitative estimate of drug-likeness (QED) is 0.671. The first-order valence-electron chi connectivity index (χ1n) is 5.62. The summed E-state index contributed by atoms with van der Waals surface area (Å²) in [4.78, 5) is 11.8. The number of ether oxygens (including phenoxy) is 1. The Hall–Kier alpha value is -0.930. The summed E-state index contributed by atoms with van der Waals surface area (Å²) < 4.78 is 5.16. The fourth-order valence-corrected chi connectivity index (χ4v) is 1.60. The largest absolute Gasteiger partial charge is 0.462 e. The smallest absolute Gasteiger partial charge is 0.338 e. The van der Waals surface area contributed by atoms with E-state index in [1.807, 2.05) is 0 Å². The van der Waals surface area contributed by atoms with Crippen LogP contribution in [0.2, 0.25) is 10.0 Å². The van der Waals surface area contributed by atoms with Crippen LogP contribution in [0.15, 0.2) is 12.1 Å². The molecule has 0 spiro atoms. The fourth-order valence-electron chi connectivity index (χ4n) is 1.26. The van der Waals surface area contributed by atoms with E-state index in [9.17, 15) is 4.79 Å². The minimum atomic E-state index is -0.440. The second-order valence-corrected chi connectivity index (χ2v) is 6.09. The number of hydrogen-bond donors (Lipinski definition) is 1. The molecule has 1 aromatic carbocycles. The normalized spacial score (nSPS) is 11.4. The van der Waals surface area contributed by atoms with Gasteiger partial charge in [-0.25, -0.2) is 4.79 Å². The second kappa shape index (κ2) is 5.81. The van der Waals surface area contributed by atoms with Gasteiger partial charge in [-0.15, -0.1) is 0 Å². The van der Waals surface area contributed by atoms with Gasteiger partial charge >= 0.3 is 5.97 Å². The highest BCUT2D eigenvalue weighted by molar-refractivity contribution is 6.43. The van der Waals surface area contributed by atoms with Gasteiger partial charge in [0.15, 0.2) is 0 Å². The van der Waals surface area contributed by atoms with Gasteiger partial charge in [-0.3, -0.25) is 0 Å². The van der Waals surface area contributed by atoms with E-state index < -0.39 is 5.97 Å². The van der Waals surface area contributed by atoms with Gasteiger partial charge in [-0.1, -0.05) is 44.0 Å². The zero-order chi connectivity index (χ0) is 13.9. The molecule has 3 nitrogen and oxygen atoms in total. The molecule has 100 valence electrons. The molecule has 0 aliphatic heterocycles. The molecule has 0 saturated heterocycles. The number of carbonyl (C=O) groups is 1. The SMILES string of the molecule is CC(C)(C)CCOC(=O)c1cc(N)c(Cl)c(Cl)c1. The van der Waals surface area contributed by atoms with Crippen molar-refractivity contribution in [1.29, 1.82) is 0 Å². The molecule has 0 bridgehead atoms. The molecule has 5 heteroatoms. The molecule has 0 aromatic heterocycles. The van der Waals surface area contributed by atoms with Gasteiger partial charge in [0.25, 0.3) is 0 Å². The van der Waals surface area contributed by atoms with Crippen LogP contribution in [0.25, 0.3) is 0 Å². The standard InChI is InChI=1S/C13H17Cl2NO2/c1-13(2,3)4-5-18-12(17)8-6-9(14)11(15)10(16)7-8/h6-7H,4-5,16H2,1-3H3. The third kappa shape index (κ3) is 4.39. The summed E-state index contributed by atoms with van der Waals surface area (Å²) >= 11 is 11.7. The Morgan fingerprint density at radius 1 is 1.33 bits per heavy atom. The van der Waals surface area contributed by atoms with Crippen LogP contribution < -0.4 is 5.73 Å². The molecule has 0 atom stereocenters. The summed E-state index contributed by atoms with van der Waals surface area (Å²) in [5.74, 6) is -0.440. The number of carbonyl (C=O) groups excluding carboxylic acids is 1. The molecule has 1 aromatic rings. The molecule has 0 amide bonds. The number of esters is 1. The van der Waals surface area contributed by atoms with E-state index in [1.54, 1.807) is 0 Å². The van der Waals surface area contributed by atoms with E-state index >= 15 is 0 Å². The molecule has 0 unspecified atom stereocenters. The number of anilines is 1. The predicted octanol–water partition coefficient (Wildman–Crippen LogP) is 4.17. The van der Waals surface area contributed by atoms with Gasteiger partial charge in [-0.05, 0) is 24.0 Å². The number of hydrogen-bond acceptors (Lipinski definition) is 3. The average molecular weight is 290 g/mol.